The third-order valence-corrected chi connectivity index (χ3v) is 8.85. The van der Waals surface area contributed by atoms with Crippen molar-refractivity contribution in [3.05, 3.63) is 124 Å². The second-order valence-electron chi connectivity index (χ2n) is 12.2. The molecular formula is C38H33F9O. The van der Waals surface area contributed by atoms with E-state index < -0.39 is 63.7 Å². The largest absolute Gasteiger partial charge is 0.432 e. The average Bonchev–Trinajstić information content (AvgIpc) is 3.03. The van der Waals surface area contributed by atoms with Gasteiger partial charge in [-0.15, -0.1) is 0 Å². The molecule has 1 aliphatic rings. The Labute approximate surface area is 273 Å². The molecule has 0 spiro atoms. The molecule has 48 heavy (non-hydrogen) atoms. The van der Waals surface area contributed by atoms with Crippen LogP contribution in [0.15, 0.2) is 60.7 Å². The second-order valence-corrected chi connectivity index (χ2v) is 12.2. The van der Waals surface area contributed by atoms with Gasteiger partial charge in [-0.2, -0.15) is 8.78 Å². The Morgan fingerprint density at radius 1 is 0.688 bits per heavy atom. The summed E-state index contributed by atoms with van der Waals surface area (Å²) in [5.74, 6) is -10.8. The minimum absolute atomic E-state index is 0.0898. The summed E-state index contributed by atoms with van der Waals surface area (Å²) < 4.78 is 133. The van der Waals surface area contributed by atoms with Crippen LogP contribution in [0.4, 0.5) is 39.5 Å². The first kappa shape index (κ1) is 35.1. The van der Waals surface area contributed by atoms with Crippen molar-refractivity contribution in [1.29, 1.82) is 0 Å². The lowest BCUT2D eigenvalue weighted by molar-refractivity contribution is -0.189. The van der Waals surface area contributed by atoms with E-state index in [1.807, 2.05) is 6.07 Å². The smallest absolute Gasteiger partial charge is 0.429 e. The van der Waals surface area contributed by atoms with Crippen LogP contribution < -0.4 is 4.74 Å². The molecule has 5 rings (SSSR count). The number of ether oxygens (including phenoxy) is 1. The molecule has 0 N–H and O–H groups in total. The van der Waals surface area contributed by atoms with Gasteiger partial charge >= 0.3 is 6.11 Å². The summed E-state index contributed by atoms with van der Waals surface area (Å²) in [5, 5.41) is 0. The lowest BCUT2D eigenvalue weighted by Gasteiger charge is -2.29. The van der Waals surface area contributed by atoms with Crippen molar-refractivity contribution in [3.63, 3.8) is 0 Å². The third kappa shape index (κ3) is 8.08. The highest BCUT2D eigenvalue weighted by atomic mass is 19.3. The molecule has 1 saturated carbocycles. The zero-order valence-electron chi connectivity index (χ0n) is 26.0. The molecule has 4 aromatic carbocycles. The SMILES string of the molecule is CCCCCC1CCC(c2ccc(/C=C/c3ccc(-c4cc(F)c(C(F)(F)Oc5cc(F)c(F)c(F)c5)c(F)c4)c(F)c3)c(F)c2)CC1. The van der Waals surface area contributed by atoms with E-state index >= 15 is 8.78 Å². The summed E-state index contributed by atoms with van der Waals surface area (Å²) in [6.07, 6.45) is 7.48. The Hall–Kier alpha value is -4.21. The molecule has 0 atom stereocenters. The van der Waals surface area contributed by atoms with Gasteiger partial charge in [-0.05, 0) is 78.5 Å². The van der Waals surface area contributed by atoms with E-state index in [0.717, 1.165) is 43.2 Å². The Kier molecular flexibility index (Phi) is 10.9. The number of hydrogen-bond donors (Lipinski definition) is 0. The van der Waals surface area contributed by atoms with Crippen LogP contribution in [0, 0.1) is 46.6 Å². The molecule has 1 nitrogen and oxygen atoms in total. The van der Waals surface area contributed by atoms with Crippen LogP contribution in [-0.4, -0.2) is 0 Å². The Balaban J connectivity index is 1.27. The lowest BCUT2D eigenvalue weighted by Crippen LogP contribution is -2.25. The normalized spacial score (nSPS) is 16.9. The number of alkyl halides is 2. The maximum Gasteiger partial charge on any atom is 0.432 e. The molecule has 10 heteroatoms. The number of rotatable bonds is 11. The highest BCUT2D eigenvalue weighted by Crippen LogP contribution is 2.40. The van der Waals surface area contributed by atoms with Gasteiger partial charge in [0.1, 0.15) is 34.6 Å². The van der Waals surface area contributed by atoms with Gasteiger partial charge in [0.2, 0.25) is 0 Å². The Morgan fingerprint density at radius 2 is 1.35 bits per heavy atom. The molecule has 1 aliphatic carbocycles. The maximum atomic E-state index is 15.1. The fraction of sp³-hybridized carbons (Fsp3) is 0.316. The lowest BCUT2D eigenvalue weighted by atomic mass is 9.77. The third-order valence-electron chi connectivity index (χ3n) is 8.85. The minimum Gasteiger partial charge on any atom is -0.429 e. The first-order valence-electron chi connectivity index (χ1n) is 15.8. The summed E-state index contributed by atoms with van der Waals surface area (Å²) in [7, 11) is 0. The molecule has 0 aliphatic heterocycles. The van der Waals surface area contributed by atoms with Crippen molar-refractivity contribution in [2.24, 2.45) is 5.92 Å². The molecule has 0 amide bonds. The van der Waals surface area contributed by atoms with Gasteiger partial charge in [-0.1, -0.05) is 69.0 Å². The molecule has 1 fully saturated rings. The van der Waals surface area contributed by atoms with E-state index in [1.165, 1.54) is 50.0 Å². The Morgan fingerprint density at radius 3 is 1.96 bits per heavy atom. The van der Waals surface area contributed by atoms with Crippen molar-refractivity contribution >= 4 is 12.2 Å². The standard InChI is InChI=1S/C38H33F9O/c1-2-3-4-5-22-6-10-24(11-7-22)26-14-13-25(30(39)17-26)12-8-23-9-15-29(31(40)16-23)27-18-32(41)36(33(42)19-27)38(46,47)48-28-20-34(43)37(45)35(44)21-28/h8-9,12-22,24H,2-7,10-11H2,1H3/b12-8+. The van der Waals surface area contributed by atoms with Gasteiger partial charge in [0.05, 0.1) is 0 Å². The van der Waals surface area contributed by atoms with E-state index in [2.05, 4.69) is 11.7 Å². The highest BCUT2D eigenvalue weighted by Gasteiger charge is 2.41. The van der Waals surface area contributed by atoms with Gasteiger partial charge < -0.3 is 4.74 Å². The van der Waals surface area contributed by atoms with E-state index in [1.54, 1.807) is 12.1 Å². The van der Waals surface area contributed by atoms with Crippen molar-refractivity contribution in [2.45, 2.75) is 70.3 Å². The van der Waals surface area contributed by atoms with Crippen LogP contribution in [0.3, 0.4) is 0 Å². The van der Waals surface area contributed by atoms with Crippen LogP contribution in [0.25, 0.3) is 23.3 Å². The first-order chi connectivity index (χ1) is 22.9. The van der Waals surface area contributed by atoms with E-state index in [4.69, 9.17) is 0 Å². The molecule has 0 radical (unpaired) electrons. The van der Waals surface area contributed by atoms with Crippen LogP contribution in [0.5, 0.6) is 5.75 Å². The van der Waals surface area contributed by atoms with Crippen LogP contribution in [0.2, 0.25) is 0 Å². The summed E-state index contributed by atoms with van der Waals surface area (Å²) in [6.45, 7) is 2.19. The number of unbranched alkanes of at least 4 members (excludes halogenated alkanes) is 2. The molecule has 254 valence electrons. The first-order valence-corrected chi connectivity index (χ1v) is 15.8. The van der Waals surface area contributed by atoms with Gasteiger partial charge in [-0.3, -0.25) is 0 Å². The highest BCUT2D eigenvalue weighted by molar-refractivity contribution is 5.73. The van der Waals surface area contributed by atoms with Gasteiger partial charge in [0.25, 0.3) is 0 Å². The summed E-state index contributed by atoms with van der Waals surface area (Å²) >= 11 is 0. The van der Waals surface area contributed by atoms with Gasteiger partial charge in [-0.25, -0.2) is 30.7 Å². The van der Waals surface area contributed by atoms with Crippen molar-refractivity contribution in [2.75, 3.05) is 0 Å². The minimum atomic E-state index is -4.78. The van der Waals surface area contributed by atoms with Gasteiger partial charge in [0, 0.05) is 23.3 Å². The van der Waals surface area contributed by atoms with E-state index in [-0.39, 0.29) is 17.7 Å². The fourth-order valence-corrected chi connectivity index (χ4v) is 6.25. The van der Waals surface area contributed by atoms with E-state index in [0.29, 0.717) is 29.2 Å². The fourth-order valence-electron chi connectivity index (χ4n) is 6.25. The number of hydrogen-bond acceptors (Lipinski definition) is 1. The monoisotopic (exact) mass is 676 g/mol. The quantitative estimate of drug-likeness (QED) is 0.0665. The van der Waals surface area contributed by atoms with Crippen molar-refractivity contribution in [3.8, 4) is 16.9 Å². The van der Waals surface area contributed by atoms with Crippen LogP contribution in [-0.2, 0) is 6.11 Å². The predicted molar refractivity (Wildman–Crippen MR) is 167 cm³/mol. The van der Waals surface area contributed by atoms with Crippen LogP contribution in [0.1, 0.15) is 86.5 Å². The zero-order valence-corrected chi connectivity index (χ0v) is 26.0. The van der Waals surface area contributed by atoms with Gasteiger partial charge in [0.15, 0.2) is 17.5 Å². The maximum absolute atomic E-state index is 15.1. The molecule has 0 aromatic heterocycles. The van der Waals surface area contributed by atoms with Crippen LogP contribution >= 0.6 is 0 Å². The molecule has 4 aromatic rings. The summed E-state index contributed by atoms with van der Waals surface area (Å²) in [6, 6.07) is 9.83. The van der Waals surface area contributed by atoms with E-state index in [9.17, 15) is 30.7 Å². The molecular weight excluding hydrogens is 643 g/mol. The zero-order chi connectivity index (χ0) is 34.6. The summed E-state index contributed by atoms with van der Waals surface area (Å²) in [5.41, 5.74) is -1.09. The summed E-state index contributed by atoms with van der Waals surface area (Å²) in [4.78, 5) is 0. The average molecular weight is 677 g/mol. The predicted octanol–water partition coefficient (Wildman–Crippen LogP) is 12.5. The molecule has 0 unspecified atom stereocenters. The topological polar surface area (TPSA) is 9.23 Å². The molecule has 0 saturated heterocycles. The van der Waals surface area contributed by atoms with Crippen molar-refractivity contribution < 1.29 is 44.3 Å². The molecule has 0 bridgehead atoms. The van der Waals surface area contributed by atoms with Crippen molar-refractivity contribution in [1.82, 2.24) is 0 Å². The molecule has 0 heterocycles. The Bertz CT molecular complexity index is 1750. The number of benzene rings is 4. The second kappa shape index (κ2) is 14.9. The number of halogens is 9.